The first-order valence-corrected chi connectivity index (χ1v) is 9.12. The number of nitrogens with one attached hydrogen (secondary N) is 2. The minimum Gasteiger partial charge on any atom is -0.489 e. The standard InChI is InChI=1S/C19H19ClN2O3S/c20-15-8-2-1-7-14(15)18(23)22-19(26)21-16-9-3-4-10-17(16)25-12-13-6-5-11-24-13/h1-4,7-10,13H,5-6,11-12H2,(H2,21,22,23,26). The number of benzene rings is 2. The number of ether oxygens (including phenoxy) is 2. The van der Waals surface area contributed by atoms with Gasteiger partial charge in [-0.3, -0.25) is 10.1 Å². The van der Waals surface area contributed by atoms with Crippen molar-refractivity contribution in [1.82, 2.24) is 5.32 Å². The predicted octanol–water partition coefficient (Wildman–Crippen LogP) is 4.02. The van der Waals surface area contributed by atoms with Crippen molar-refractivity contribution in [3.8, 4) is 5.75 Å². The molecule has 1 aliphatic rings. The van der Waals surface area contributed by atoms with Gasteiger partial charge in [-0.1, -0.05) is 35.9 Å². The molecule has 0 aliphatic carbocycles. The van der Waals surface area contributed by atoms with Gasteiger partial charge in [-0.05, 0) is 49.3 Å². The SMILES string of the molecule is O=C(NC(=S)Nc1ccccc1OCC1CCCO1)c1ccccc1Cl. The summed E-state index contributed by atoms with van der Waals surface area (Å²) in [6, 6.07) is 14.2. The van der Waals surface area contributed by atoms with Crippen molar-refractivity contribution in [2.45, 2.75) is 18.9 Å². The largest absolute Gasteiger partial charge is 0.489 e. The topological polar surface area (TPSA) is 59.6 Å². The first kappa shape index (κ1) is 18.6. The minimum absolute atomic E-state index is 0.120. The fraction of sp³-hybridized carbons (Fsp3) is 0.263. The van der Waals surface area contributed by atoms with Gasteiger partial charge in [0.15, 0.2) is 5.11 Å². The van der Waals surface area contributed by atoms with E-state index in [0.717, 1.165) is 19.4 Å². The van der Waals surface area contributed by atoms with E-state index in [1.54, 1.807) is 24.3 Å². The second kappa shape index (κ2) is 8.98. The molecule has 7 heteroatoms. The number of halogens is 1. The lowest BCUT2D eigenvalue weighted by Gasteiger charge is -2.16. The van der Waals surface area contributed by atoms with Crippen molar-refractivity contribution >= 4 is 40.5 Å². The Kier molecular flexibility index (Phi) is 6.44. The minimum atomic E-state index is -0.370. The molecule has 2 aromatic rings. The van der Waals surface area contributed by atoms with E-state index < -0.39 is 0 Å². The van der Waals surface area contributed by atoms with E-state index in [0.29, 0.717) is 28.6 Å². The van der Waals surface area contributed by atoms with Crippen molar-refractivity contribution in [3.05, 3.63) is 59.1 Å². The fourth-order valence-electron chi connectivity index (χ4n) is 2.62. The van der Waals surface area contributed by atoms with E-state index in [4.69, 9.17) is 33.3 Å². The van der Waals surface area contributed by atoms with Gasteiger partial charge in [0.1, 0.15) is 12.4 Å². The lowest BCUT2D eigenvalue weighted by Crippen LogP contribution is -2.34. The van der Waals surface area contributed by atoms with Crippen LogP contribution in [0.1, 0.15) is 23.2 Å². The van der Waals surface area contributed by atoms with Crippen LogP contribution < -0.4 is 15.4 Å². The zero-order valence-corrected chi connectivity index (χ0v) is 15.6. The van der Waals surface area contributed by atoms with Crippen LogP contribution in [0, 0.1) is 0 Å². The molecular formula is C19H19ClN2O3S. The number of rotatable bonds is 5. The van der Waals surface area contributed by atoms with Gasteiger partial charge in [0.2, 0.25) is 0 Å². The van der Waals surface area contributed by atoms with E-state index in [-0.39, 0.29) is 17.1 Å². The first-order valence-electron chi connectivity index (χ1n) is 8.34. The molecule has 136 valence electrons. The van der Waals surface area contributed by atoms with E-state index in [2.05, 4.69) is 10.6 Å². The third-order valence-electron chi connectivity index (χ3n) is 3.93. The molecule has 1 saturated heterocycles. The monoisotopic (exact) mass is 390 g/mol. The molecule has 1 atom stereocenters. The van der Waals surface area contributed by atoms with Crippen molar-refractivity contribution in [2.75, 3.05) is 18.5 Å². The molecule has 0 aromatic heterocycles. The Morgan fingerprint density at radius 1 is 1.23 bits per heavy atom. The molecule has 0 radical (unpaired) electrons. The average molecular weight is 391 g/mol. The Balaban J connectivity index is 1.60. The molecule has 1 heterocycles. The van der Waals surface area contributed by atoms with Gasteiger partial charge in [0, 0.05) is 6.61 Å². The number of hydrogen-bond acceptors (Lipinski definition) is 4. The molecular weight excluding hydrogens is 372 g/mol. The zero-order chi connectivity index (χ0) is 18.4. The summed E-state index contributed by atoms with van der Waals surface area (Å²) < 4.78 is 11.4. The van der Waals surface area contributed by atoms with Crippen LogP contribution in [0.15, 0.2) is 48.5 Å². The summed E-state index contributed by atoms with van der Waals surface area (Å²) in [6.07, 6.45) is 2.18. The molecule has 0 saturated carbocycles. The van der Waals surface area contributed by atoms with Crippen LogP contribution in [0.5, 0.6) is 5.75 Å². The van der Waals surface area contributed by atoms with Crippen LogP contribution in [0.25, 0.3) is 0 Å². The van der Waals surface area contributed by atoms with Crippen LogP contribution in [0.3, 0.4) is 0 Å². The van der Waals surface area contributed by atoms with Crippen molar-refractivity contribution in [3.63, 3.8) is 0 Å². The molecule has 2 aromatic carbocycles. The summed E-state index contributed by atoms with van der Waals surface area (Å²) in [5.74, 6) is 0.281. The van der Waals surface area contributed by atoms with Crippen LogP contribution in [0.2, 0.25) is 5.02 Å². The number of anilines is 1. The maximum atomic E-state index is 12.3. The maximum absolute atomic E-state index is 12.3. The highest BCUT2D eigenvalue weighted by Gasteiger charge is 2.17. The van der Waals surface area contributed by atoms with E-state index in [9.17, 15) is 4.79 Å². The Labute approximate surface area is 162 Å². The number of carbonyl (C=O) groups is 1. The zero-order valence-electron chi connectivity index (χ0n) is 14.0. The van der Waals surface area contributed by atoms with Gasteiger partial charge in [0.25, 0.3) is 5.91 Å². The number of thiocarbonyl (C=S) groups is 1. The summed E-state index contributed by atoms with van der Waals surface area (Å²) in [4.78, 5) is 12.3. The van der Waals surface area contributed by atoms with Gasteiger partial charge >= 0.3 is 0 Å². The highest BCUT2D eigenvalue weighted by atomic mass is 35.5. The van der Waals surface area contributed by atoms with Crippen LogP contribution in [-0.2, 0) is 4.74 Å². The molecule has 3 rings (SSSR count). The smallest absolute Gasteiger partial charge is 0.258 e. The van der Waals surface area contributed by atoms with Gasteiger partial charge < -0.3 is 14.8 Å². The Hall–Kier alpha value is -2.15. The predicted molar refractivity (Wildman–Crippen MR) is 106 cm³/mol. The Morgan fingerprint density at radius 3 is 2.77 bits per heavy atom. The van der Waals surface area contributed by atoms with Gasteiger partial charge in [0.05, 0.1) is 22.4 Å². The molecule has 0 bridgehead atoms. The highest BCUT2D eigenvalue weighted by Crippen LogP contribution is 2.25. The van der Waals surface area contributed by atoms with Crippen molar-refractivity contribution < 1.29 is 14.3 Å². The number of amides is 1. The van der Waals surface area contributed by atoms with Crippen molar-refractivity contribution in [1.29, 1.82) is 0 Å². The fourth-order valence-corrected chi connectivity index (χ4v) is 3.05. The lowest BCUT2D eigenvalue weighted by atomic mass is 10.2. The van der Waals surface area contributed by atoms with Crippen LogP contribution in [0.4, 0.5) is 5.69 Å². The molecule has 0 spiro atoms. The van der Waals surface area contributed by atoms with Crippen LogP contribution in [-0.4, -0.2) is 30.3 Å². The number of hydrogen-bond donors (Lipinski definition) is 2. The Bertz CT molecular complexity index is 794. The lowest BCUT2D eigenvalue weighted by molar-refractivity contribution is 0.0682. The third kappa shape index (κ3) is 4.94. The Morgan fingerprint density at radius 2 is 2.00 bits per heavy atom. The summed E-state index contributed by atoms with van der Waals surface area (Å²) in [5.41, 5.74) is 1.04. The number of carbonyl (C=O) groups excluding carboxylic acids is 1. The molecule has 1 amide bonds. The van der Waals surface area contributed by atoms with E-state index in [1.165, 1.54) is 0 Å². The molecule has 2 N–H and O–H groups in total. The summed E-state index contributed by atoms with van der Waals surface area (Å²) in [7, 11) is 0. The second-order valence-corrected chi connectivity index (χ2v) is 6.65. The van der Waals surface area contributed by atoms with Crippen LogP contribution >= 0.6 is 23.8 Å². The van der Waals surface area contributed by atoms with Crippen molar-refractivity contribution in [2.24, 2.45) is 0 Å². The van der Waals surface area contributed by atoms with Gasteiger partial charge in [-0.2, -0.15) is 0 Å². The first-order chi connectivity index (χ1) is 12.6. The maximum Gasteiger partial charge on any atom is 0.258 e. The molecule has 5 nitrogen and oxygen atoms in total. The average Bonchev–Trinajstić information content (AvgIpc) is 3.14. The summed E-state index contributed by atoms with van der Waals surface area (Å²) in [6.45, 7) is 1.27. The molecule has 1 fully saturated rings. The van der Waals surface area contributed by atoms with E-state index in [1.807, 2.05) is 24.3 Å². The second-order valence-electron chi connectivity index (χ2n) is 5.83. The number of para-hydroxylation sites is 2. The summed E-state index contributed by atoms with van der Waals surface area (Å²) >= 11 is 11.3. The normalized spacial score (nSPS) is 16.1. The third-order valence-corrected chi connectivity index (χ3v) is 4.46. The van der Waals surface area contributed by atoms with Gasteiger partial charge in [-0.15, -0.1) is 0 Å². The van der Waals surface area contributed by atoms with E-state index >= 15 is 0 Å². The highest BCUT2D eigenvalue weighted by molar-refractivity contribution is 7.80. The van der Waals surface area contributed by atoms with Gasteiger partial charge in [-0.25, -0.2) is 0 Å². The quantitative estimate of drug-likeness (QED) is 0.755. The molecule has 1 aliphatic heterocycles. The molecule has 26 heavy (non-hydrogen) atoms. The summed E-state index contributed by atoms with van der Waals surface area (Å²) in [5, 5.41) is 6.16. The molecule has 1 unspecified atom stereocenters.